The Morgan fingerprint density at radius 3 is 2.55 bits per heavy atom. The van der Waals surface area contributed by atoms with Gasteiger partial charge in [0.1, 0.15) is 5.52 Å². The molecule has 1 atom stereocenters. The molecule has 2 aromatic heterocycles. The summed E-state index contributed by atoms with van der Waals surface area (Å²) in [5, 5.41) is 7.59. The Bertz CT molecular complexity index is 1150. The van der Waals surface area contributed by atoms with Gasteiger partial charge in [-0.05, 0) is 68.2 Å². The van der Waals surface area contributed by atoms with Crippen LogP contribution in [0.3, 0.4) is 0 Å². The Labute approximate surface area is 170 Å². The maximum absolute atomic E-state index is 13.0. The molecular weight excluding hydrogens is 364 g/mol. The van der Waals surface area contributed by atoms with Crippen LogP contribution >= 0.6 is 0 Å². The lowest BCUT2D eigenvalue weighted by atomic mass is 10.0. The van der Waals surface area contributed by atoms with E-state index >= 15 is 0 Å². The third kappa shape index (κ3) is 3.59. The zero-order chi connectivity index (χ0) is 20.9. The minimum absolute atomic E-state index is 0.0312. The number of amides is 1. The van der Waals surface area contributed by atoms with E-state index < -0.39 is 0 Å². The van der Waals surface area contributed by atoms with E-state index in [0.717, 1.165) is 29.5 Å². The highest BCUT2D eigenvalue weighted by Gasteiger charge is 2.34. The zero-order valence-corrected chi connectivity index (χ0v) is 17.7. The topological polar surface area (TPSA) is 79.3 Å². The van der Waals surface area contributed by atoms with Gasteiger partial charge in [-0.15, -0.1) is 0 Å². The van der Waals surface area contributed by atoms with E-state index in [1.54, 1.807) is 4.52 Å². The van der Waals surface area contributed by atoms with Gasteiger partial charge in [0.05, 0.1) is 11.9 Å². The van der Waals surface area contributed by atoms with Crippen molar-refractivity contribution in [3.63, 3.8) is 0 Å². The summed E-state index contributed by atoms with van der Waals surface area (Å²) < 4.78 is 1.59. The number of hydrogen-bond acceptors (Lipinski definition) is 3. The summed E-state index contributed by atoms with van der Waals surface area (Å²) >= 11 is 0. The van der Waals surface area contributed by atoms with E-state index in [2.05, 4.69) is 42.2 Å². The SMILES string of the molecule is Cc1ccc(-c2cn3nc(C(=O)N[C@H](C)C(C)C)c(C4CC4)c3c(=O)[nH]2)cc1C. The van der Waals surface area contributed by atoms with Gasteiger partial charge in [0.15, 0.2) is 5.69 Å². The van der Waals surface area contributed by atoms with Gasteiger partial charge in [-0.3, -0.25) is 9.59 Å². The van der Waals surface area contributed by atoms with E-state index in [4.69, 9.17) is 0 Å². The molecule has 4 rings (SSSR count). The molecule has 3 aromatic rings. The smallest absolute Gasteiger partial charge is 0.274 e. The van der Waals surface area contributed by atoms with Crippen LogP contribution in [0, 0.1) is 19.8 Å². The van der Waals surface area contributed by atoms with Gasteiger partial charge in [0, 0.05) is 11.6 Å². The first kappa shape index (κ1) is 19.4. The first-order valence-electron chi connectivity index (χ1n) is 10.3. The van der Waals surface area contributed by atoms with Crippen LogP contribution in [0.5, 0.6) is 0 Å². The third-order valence-corrected chi connectivity index (χ3v) is 6.04. The molecule has 1 fully saturated rings. The number of hydrogen-bond donors (Lipinski definition) is 2. The maximum Gasteiger partial charge on any atom is 0.274 e. The Morgan fingerprint density at radius 2 is 1.93 bits per heavy atom. The molecule has 152 valence electrons. The van der Waals surface area contributed by atoms with Crippen molar-refractivity contribution in [2.75, 3.05) is 0 Å². The zero-order valence-electron chi connectivity index (χ0n) is 17.7. The number of benzene rings is 1. The molecule has 1 saturated carbocycles. The fourth-order valence-electron chi connectivity index (χ4n) is 3.53. The molecule has 29 heavy (non-hydrogen) atoms. The number of rotatable bonds is 5. The van der Waals surface area contributed by atoms with E-state index in [0.29, 0.717) is 22.8 Å². The predicted molar refractivity (Wildman–Crippen MR) is 114 cm³/mol. The molecule has 1 amide bonds. The molecular formula is C23H28N4O2. The van der Waals surface area contributed by atoms with E-state index in [1.165, 1.54) is 5.56 Å². The van der Waals surface area contributed by atoms with Crippen LogP contribution in [0.15, 0.2) is 29.2 Å². The molecule has 1 aromatic carbocycles. The highest BCUT2D eigenvalue weighted by molar-refractivity contribution is 5.96. The third-order valence-electron chi connectivity index (χ3n) is 6.04. The van der Waals surface area contributed by atoms with Crippen LogP contribution < -0.4 is 10.9 Å². The quantitative estimate of drug-likeness (QED) is 0.690. The normalized spacial score (nSPS) is 15.1. The summed E-state index contributed by atoms with van der Waals surface area (Å²) in [7, 11) is 0. The molecule has 6 nitrogen and oxygen atoms in total. The number of fused-ring (bicyclic) bond motifs is 1. The fraction of sp³-hybridized carbons (Fsp3) is 0.435. The van der Waals surface area contributed by atoms with E-state index in [1.807, 2.05) is 32.2 Å². The second kappa shape index (κ2) is 7.17. The molecule has 1 aliphatic carbocycles. The van der Waals surface area contributed by atoms with Crippen molar-refractivity contribution in [2.45, 2.75) is 59.4 Å². The number of nitrogens with zero attached hydrogens (tertiary/aromatic N) is 2. The molecule has 0 spiro atoms. The van der Waals surface area contributed by atoms with Gasteiger partial charge in [-0.1, -0.05) is 26.0 Å². The van der Waals surface area contributed by atoms with Crippen LogP contribution in [0.4, 0.5) is 0 Å². The second-order valence-electron chi connectivity index (χ2n) is 8.63. The van der Waals surface area contributed by atoms with Crippen LogP contribution in [0.2, 0.25) is 0 Å². The highest BCUT2D eigenvalue weighted by Crippen LogP contribution is 2.43. The summed E-state index contributed by atoms with van der Waals surface area (Å²) in [6.07, 6.45) is 3.79. The predicted octanol–water partition coefficient (Wildman–Crippen LogP) is 3.96. The lowest BCUT2D eigenvalue weighted by Gasteiger charge is -2.16. The van der Waals surface area contributed by atoms with Gasteiger partial charge in [0.25, 0.3) is 11.5 Å². The van der Waals surface area contributed by atoms with E-state index in [9.17, 15) is 9.59 Å². The number of H-pyrrole nitrogens is 1. The standard InChI is InChI=1S/C23H28N4O2/c1-12(2)15(5)24-22(28)20-19(16-8-9-16)21-23(29)25-18(11-27(21)26-20)17-7-6-13(3)14(4)10-17/h6-7,10-12,15-16H,8-9H2,1-5H3,(H,24,28)(H,25,29)/t15-/m1/s1. The number of aromatic amines is 1. The maximum atomic E-state index is 13.0. The molecule has 0 saturated heterocycles. The summed E-state index contributed by atoms with van der Waals surface area (Å²) in [4.78, 5) is 28.9. The second-order valence-corrected chi connectivity index (χ2v) is 8.63. The monoisotopic (exact) mass is 392 g/mol. The molecule has 2 N–H and O–H groups in total. The van der Waals surface area contributed by atoms with Crippen molar-refractivity contribution >= 4 is 11.4 Å². The molecule has 6 heteroatoms. The van der Waals surface area contributed by atoms with Crippen molar-refractivity contribution < 1.29 is 4.79 Å². The minimum Gasteiger partial charge on any atom is -0.348 e. The molecule has 0 aliphatic heterocycles. The van der Waals surface area contributed by atoms with Crippen molar-refractivity contribution in [3.8, 4) is 11.3 Å². The van der Waals surface area contributed by atoms with Gasteiger partial charge in [0.2, 0.25) is 0 Å². The van der Waals surface area contributed by atoms with Crippen LogP contribution in [0.1, 0.15) is 66.7 Å². The van der Waals surface area contributed by atoms with Crippen molar-refractivity contribution in [2.24, 2.45) is 5.92 Å². The average Bonchev–Trinajstić information content (AvgIpc) is 3.43. The largest absolute Gasteiger partial charge is 0.348 e. The fourth-order valence-corrected chi connectivity index (χ4v) is 3.53. The molecule has 2 heterocycles. The lowest BCUT2D eigenvalue weighted by Crippen LogP contribution is -2.36. The Balaban J connectivity index is 1.83. The summed E-state index contributed by atoms with van der Waals surface area (Å²) in [5.74, 6) is 0.347. The number of nitrogens with one attached hydrogen (secondary N) is 2. The number of carbonyl (C=O) groups is 1. The van der Waals surface area contributed by atoms with Gasteiger partial charge in [-0.2, -0.15) is 5.10 Å². The average molecular weight is 393 g/mol. The molecule has 1 aliphatic rings. The van der Waals surface area contributed by atoms with Crippen LogP contribution in [-0.2, 0) is 0 Å². The van der Waals surface area contributed by atoms with Gasteiger partial charge in [-0.25, -0.2) is 4.52 Å². The first-order valence-corrected chi connectivity index (χ1v) is 10.3. The van der Waals surface area contributed by atoms with Crippen LogP contribution in [0.25, 0.3) is 16.8 Å². The minimum atomic E-state index is -0.205. The van der Waals surface area contributed by atoms with Crippen molar-refractivity contribution in [1.29, 1.82) is 0 Å². The number of aromatic nitrogens is 3. The van der Waals surface area contributed by atoms with Crippen LogP contribution in [-0.4, -0.2) is 26.5 Å². The van der Waals surface area contributed by atoms with Crippen molar-refractivity contribution in [3.05, 3.63) is 57.1 Å². The Morgan fingerprint density at radius 1 is 1.21 bits per heavy atom. The van der Waals surface area contributed by atoms with Crippen molar-refractivity contribution in [1.82, 2.24) is 19.9 Å². The molecule has 0 bridgehead atoms. The summed E-state index contributed by atoms with van der Waals surface area (Å²) in [6.45, 7) is 10.2. The molecule has 0 radical (unpaired) electrons. The highest BCUT2D eigenvalue weighted by atomic mass is 16.2. The Kier molecular flexibility index (Phi) is 4.81. The summed E-state index contributed by atoms with van der Waals surface area (Å²) in [6, 6.07) is 6.11. The summed E-state index contributed by atoms with van der Waals surface area (Å²) in [5.41, 5.74) is 5.42. The first-order chi connectivity index (χ1) is 13.8. The lowest BCUT2D eigenvalue weighted by molar-refractivity contribution is 0.0924. The molecule has 0 unspecified atom stereocenters. The van der Waals surface area contributed by atoms with Gasteiger partial charge < -0.3 is 10.3 Å². The van der Waals surface area contributed by atoms with Gasteiger partial charge >= 0.3 is 0 Å². The Hall–Kier alpha value is -2.89. The number of carbonyl (C=O) groups excluding carboxylic acids is 1. The number of aryl methyl sites for hydroxylation is 2. The van der Waals surface area contributed by atoms with E-state index in [-0.39, 0.29) is 23.4 Å².